The number of rotatable bonds is 6. The van der Waals surface area contributed by atoms with Gasteiger partial charge < -0.3 is 10.4 Å². The first-order valence-electron chi connectivity index (χ1n) is 8.01. The molecule has 2 rings (SSSR count). The molecule has 0 aromatic heterocycles. The van der Waals surface area contributed by atoms with Crippen LogP contribution in [0.25, 0.3) is 0 Å². The molecule has 2 N–H and O–H groups in total. The maximum absolute atomic E-state index is 12.5. The summed E-state index contributed by atoms with van der Waals surface area (Å²) in [4.78, 5) is 58.6. The largest absolute Gasteiger partial charge is 0.478 e. The highest BCUT2D eigenvalue weighted by Crippen LogP contribution is 2.29. The van der Waals surface area contributed by atoms with E-state index < -0.39 is 40.8 Å². The number of benzene rings is 2. The van der Waals surface area contributed by atoms with Gasteiger partial charge in [0.25, 0.3) is 17.5 Å². The number of nitrogens with one attached hydrogen (secondary N) is 1. The molecule has 0 saturated heterocycles. The molecule has 0 aliphatic rings. The van der Waals surface area contributed by atoms with Gasteiger partial charge in [-0.25, -0.2) is 9.69 Å². The Morgan fingerprint density at radius 3 is 2.28 bits per heavy atom. The zero-order valence-corrected chi connectivity index (χ0v) is 15.7. The smallest absolute Gasteiger partial charge is 0.336 e. The SMILES string of the molecule is CC(=O)N(C(=O)CNC(=O)c1ccccc1C(=O)O)c1ccc([N+](=O)[O-])c(Cl)c1. The highest BCUT2D eigenvalue weighted by molar-refractivity contribution is 6.33. The number of hydrogen-bond donors (Lipinski definition) is 2. The lowest BCUT2D eigenvalue weighted by atomic mass is 10.1. The molecule has 0 bridgehead atoms. The fourth-order valence-corrected chi connectivity index (χ4v) is 2.73. The first kappa shape index (κ1) is 21.5. The Bertz CT molecular complexity index is 1020. The van der Waals surface area contributed by atoms with Crippen LogP contribution in [0.1, 0.15) is 27.6 Å². The van der Waals surface area contributed by atoms with E-state index in [2.05, 4.69) is 5.32 Å². The van der Waals surface area contributed by atoms with Crippen LogP contribution in [0.5, 0.6) is 0 Å². The van der Waals surface area contributed by atoms with Gasteiger partial charge in [-0.3, -0.25) is 24.5 Å². The van der Waals surface area contributed by atoms with Gasteiger partial charge in [-0.05, 0) is 24.3 Å². The second-order valence-corrected chi connectivity index (χ2v) is 6.08. The summed E-state index contributed by atoms with van der Waals surface area (Å²) in [6.07, 6.45) is 0. The summed E-state index contributed by atoms with van der Waals surface area (Å²) < 4.78 is 0. The molecule has 0 aliphatic heterocycles. The van der Waals surface area contributed by atoms with E-state index in [1.807, 2.05) is 0 Å². The zero-order chi connectivity index (χ0) is 21.7. The van der Waals surface area contributed by atoms with Crippen LogP contribution in [0.2, 0.25) is 5.02 Å². The molecule has 0 radical (unpaired) electrons. The third-order valence-corrected chi connectivity index (χ3v) is 4.06. The number of carboxylic acid groups (broad SMARTS) is 1. The van der Waals surface area contributed by atoms with Crippen molar-refractivity contribution in [1.82, 2.24) is 5.32 Å². The fraction of sp³-hybridized carbons (Fsp3) is 0.111. The molecular formula is C18H14ClN3O7. The topological polar surface area (TPSA) is 147 Å². The minimum absolute atomic E-state index is 0.0155. The van der Waals surface area contributed by atoms with Gasteiger partial charge in [-0.15, -0.1) is 0 Å². The Labute approximate surface area is 168 Å². The van der Waals surface area contributed by atoms with E-state index in [1.54, 1.807) is 0 Å². The normalized spacial score (nSPS) is 10.1. The molecule has 0 saturated carbocycles. The van der Waals surface area contributed by atoms with E-state index in [0.717, 1.165) is 19.1 Å². The van der Waals surface area contributed by atoms with E-state index in [-0.39, 0.29) is 21.8 Å². The summed E-state index contributed by atoms with van der Waals surface area (Å²) in [5.74, 6) is -3.68. The highest BCUT2D eigenvalue weighted by atomic mass is 35.5. The van der Waals surface area contributed by atoms with Crippen LogP contribution in [0.4, 0.5) is 11.4 Å². The maximum atomic E-state index is 12.5. The Hall–Kier alpha value is -3.79. The molecule has 0 fully saturated rings. The Morgan fingerprint density at radius 2 is 1.76 bits per heavy atom. The molecule has 0 heterocycles. The van der Waals surface area contributed by atoms with Gasteiger partial charge in [-0.1, -0.05) is 23.7 Å². The van der Waals surface area contributed by atoms with Crippen molar-refractivity contribution >= 4 is 46.7 Å². The number of nitro groups is 1. The van der Waals surface area contributed by atoms with E-state index in [0.29, 0.717) is 4.90 Å². The van der Waals surface area contributed by atoms with Crippen LogP contribution in [0.3, 0.4) is 0 Å². The predicted molar refractivity (Wildman–Crippen MR) is 102 cm³/mol. The lowest BCUT2D eigenvalue weighted by Crippen LogP contribution is -2.43. The lowest BCUT2D eigenvalue weighted by Gasteiger charge is -2.20. The van der Waals surface area contributed by atoms with Crippen LogP contribution < -0.4 is 10.2 Å². The number of amides is 3. The Balaban J connectivity index is 2.20. The molecule has 29 heavy (non-hydrogen) atoms. The average Bonchev–Trinajstić information content (AvgIpc) is 2.65. The minimum atomic E-state index is -1.31. The van der Waals surface area contributed by atoms with Gasteiger partial charge in [0, 0.05) is 13.0 Å². The van der Waals surface area contributed by atoms with Gasteiger partial charge >= 0.3 is 5.97 Å². The number of nitrogens with zero attached hydrogens (tertiary/aromatic N) is 2. The molecule has 2 aromatic carbocycles. The lowest BCUT2D eigenvalue weighted by molar-refractivity contribution is -0.384. The van der Waals surface area contributed by atoms with Crippen molar-refractivity contribution < 1.29 is 29.2 Å². The molecule has 0 unspecified atom stereocenters. The van der Waals surface area contributed by atoms with Crippen molar-refractivity contribution in [2.24, 2.45) is 0 Å². The molecule has 0 spiro atoms. The number of hydrogen-bond acceptors (Lipinski definition) is 6. The number of carbonyl (C=O) groups is 4. The summed E-state index contributed by atoms with van der Waals surface area (Å²) in [7, 11) is 0. The molecule has 11 heteroatoms. The predicted octanol–water partition coefficient (Wildman–Crippen LogP) is 2.26. The third kappa shape index (κ3) is 4.93. The van der Waals surface area contributed by atoms with E-state index in [1.165, 1.54) is 30.3 Å². The minimum Gasteiger partial charge on any atom is -0.478 e. The van der Waals surface area contributed by atoms with Crippen LogP contribution in [-0.4, -0.2) is 40.3 Å². The number of anilines is 1. The number of aromatic carboxylic acids is 1. The molecule has 150 valence electrons. The standard InChI is InChI=1S/C18H14ClN3O7/c1-10(23)21(11-6-7-15(22(28)29)14(19)8-11)16(24)9-20-17(25)12-4-2-3-5-13(12)18(26)27/h2-8H,9H2,1H3,(H,20,25)(H,26,27). The fourth-order valence-electron chi connectivity index (χ4n) is 2.48. The quantitative estimate of drug-likeness (QED) is 0.539. The second-order valence-electron chi connectivity index (χ2n) is 5.67. The second kappa shape index (κ2) is 8.93. The van der Waals surface area contributed by atoms with Crippen molar-refractivity contribution in [3.05, 3.63) is 68.7 Å². The molecule has 3 amide bonds. The van der Waals surface area contributed by atoms with Gasteiger partial charge in [0.05, 0.1) is 28.3 Å². The number of nitro benzene ring substituents is 1. The van der Waals surface area contributed by atoms with E-state index >= 15 is 0 Å². The summed E-state index contributed by atoms with van der Waals surface area (Å²) in [5.41, 5.74) is -0.813. The van der Waals surface area contributed by atoms with Crippen LogP contribution in [0, 0.1) is 10.1 Å². The molecule has 10 nitrogen and oxygen atoms in total. The van der Waals surface area contributed by atoms with Gasteiger partial charge in [0.2, 0.25) is 5.91 Å². The van der Waals surface area contributed by atoms with Crippen LogP contribution in [0.15, 0.2) is 42.5 Å². The highest BCUT2D eigenvalue weighted by Gasteiger charge is 2.24. The van der Waals surface area contributed by atoms with Gasteiger partial charge in [-0.2, -0.15) is 0 Å². The monoisotopic (exact) mass is 419 g/mol. The van der Waals surface area contributed by atoms with Crippen LogP contribution >= 0.6 is 11.6 Å². The van der Waals surface area contributed by atoms with E-state index in [9.17, 15) is 29.3 Å². The van der Waals surface area contributed by atoms with Crippen molar-refractivity contribution in [1.29, 1.82) is 0 Å². The average molecular weight is 420 g/mol. The summed E-state index contributed by atoms with van der Waals surface area (Å²) in [6.45, 7) is 0.468. The number of imide groups is 1. The van der Waals surface area contributed by atoms with E-state index in [4.69, 9.17) is 16.7 Å². The van der Waals surface area contributed by atoms with Crippen molar-refractivity contribution in [2.75, 3.05) is 11.4 Å². The molecule has 0 aliphatic carbocycles. The molecule has 0 atom stereocenters. The summed E-state index contributed by atoms with van der Waals surface area (Å²) >= 11 is 5.82. The maximum Gasteiger partial charge on any atom is 0.336 e. The number of carbonyl (C=O) groups excluding carboxylic acids is 3. The zero-order valence-electron chi connectivity index (χ0n) is 14.9. The number of halogens is 1. The van der Waals surface area contributed by atoms with Crippen molar-refractivity contribution in [3.8, 4) is 0 Å². The van der Waals surface area contributed by atoms with Crippen LogP contribution in [-0.2, 0) is 9.59 Å². The number of carboxylic acids is 1. The molecule has 2 aromatic rings. The molecular weight excluding hydrogens is 406 g/mol. The Morgan fingerprint density at radius 1 is 1.14 bits per heavy atom. The van der Waals surface area contributed by atoms with Gasteiger partial charge in [0.15, 0.2) is 0 Å². The van der Waals surface area contributed by atoms with Crippen molar-refractivity contribution in [2.45, 2.75) is 6.92 Å². The first-order chi connectivity index (χ1) is 13.6. The van der Waals surface area contributed by atoms with Crippen molar-refractivity contribution in [3.63, 3.8) is 0 Å². The Kier molecular flexibility index (Phi) is 6.63. The first-order valence-corrected chi connectivity index (χ1v) is 8.39. The summed E-state index contributed by atoms with van der Waals surface area (Å²) in [5, 5.41) is 22.0. The third-order valence-electron chi connectivity index (χ3n) is 3.75. The van der Waals surface area contributed by atoms with Gasteiger partial charge in [0.1, 0.15) is 5.02 Å². The summed E-state index contributed by atoms with van der Waals surface area (Å²) in [6, 6.07) is 8.72.